The van der Waals surface area contributed by atoms with Crippen LogP contribution in [-0.4, -0.2) is 74.6 Å². The number of carbonyl (C=O) groups is 1. The quantitative estimate of drug-likeness (QED) is 0.356. The van der Waals surface area contributed by atoms with E-state index in [1.165, 1.54) is 7.11 Å². The summed E-state index contributed by atoms with van der Waals surface area (Å²) < 4.78 is 60.7. The minimum Gasteiger partial charge on any atom is -0.493 e. The number of nitrogens with zero attached hydrogens (tertiary/aromatic N) is 5. The number of ether oxygens (including phenoxy) is 3. The first-order valence-electron chi connectivity index (χ1n) is 12.3. The van der Waals surface area contributed by atoms with E-state index in [0.29, 0.717) is 30.9 Å². The average Bonchev–Trinajstić information content (AvgIpc) is 3.31. The molecular formula is C24H26F3N5O4. The van der Waals surface area contributed by atoms with Crippen molar-refractivity contribution in [2.45, 2.75) is 54.6 Å². The maximum atomic E-state index is 14.5. The molecule has 1 saturated carbocycles. The monoisotopic (exact) mass is 505 g/mol. The molecule has 192 valence electrons. The number of hydrogen-bond acceptors (Lipinski definition) is 6. The largest absolute Gasteiger partial charge is 0.493 e. The van der Waals surface area contributed by atoms with Crippen LogP contribution in [0.25, 0.3) is 10.4 Å². The predicted octanol–water partition coefficient (Wildman–Crippen LogP) is 3.41. The van der Waals surface area contributed by atoms with E-state index in [9.17, 15) is 23.5 Å². The van der Waals surface area contributed by atoms with Gasteiger partial charge in [-0.2, -0.15) is 13.2 Å². The first-order valence-corrected chi connectivity index (χ1v) is 12.3. The number of azide groups is 1. The lowest BCUT2D eigenvalue weighted by Crippen LogP contribution is -2.74. The van der Waals surface area contributed by atoms with Gasteiger partial charge in [-0.15, -0.1) is 0 Å². The molecule has 2 bridgehead atoms. The molecule has 5 fully saturated rings. The van der Waals surface area contributed by atoms with Gasteiger partial charge in [0.05, 0.1) is 56.5 Å². The molecule has 9 nitrogen and oxygen atoms in total. The Kier molecular flexibility index (Phi) is 4.37. The highest BCUT2D eigenvalue weighted by Crippen LogP contribution is 2.69. The minimum absolute atomic E-state index is 0.00711. The summed E-state index contributed by atoms with van der Waals surface area (Å²) in [4.78, 5) is 20.5. The first kappa shape index (κ1) is 22.5. The number of alkyl halides is 3. The highest BCUT2D eigenvalue weighted by atomic mass is 19.4. The molecule has 5 aliphatic heterocycles. The SMILES string of the molecule is COc1cc2c(cc1OC)[C@]13CCN4C[C@]5(N=[N+]=[N-])[C@H](C[C@H]41)[C@H]1[C@H](CC(=O)N2[C@@H]13)OC[C@H]5C(F)(F)F. The number of piperidine rings is 2. The average molecular weight is 505 g/mol. The second kappa shape index (κ2) is 6.99. The molecule has 7 rings (SSSR count). The van der Waals surface area contributed by atoms with E-state index in [2.05, 4.69) is 14.9 Å². The van der Waals surface area contributed by atoms with E-state index in [1.807, 2.05) is 12.1 Å². The maximum Gasteiger partial charge on any atom is 0.394 e. The third-order valence-electron chi connectivity index (χ3n) is 10.1. The molecule has 36 heavy (non-hydrogen) atoms. The second-order valence-electron chi connectivity index (χ2n) is 11.0. The van der Waals surface area contributed by atoms with Crippen molar-refractivity contribution in [1.82, 2.24) is 4.90 Å². The smallest absolute Gasteiger partial charge is 0.394 e. The van der Waals surface area contributed by atoms with Gasteiger partial charge in [0, 0.05) is 34.9 Å². The van der Waals surface area contributed by atoms with E-state index in [1.54, 1.807) is 12.0 Å². The lowest BCUT2D eigenvalue weighted by molar-refractivity contribution is -0.215. The van der Waals surface area contributed by atoms with Gasteiger partial charge in [-0.3, -0.25) is 9.69 Å². The summed E-state index contributed by atoms with van der Waals surface area (Å²) in [5.41, 5.74) is 9.10. The van der Waals surface area contributed by atoms with E-state index in [-0.39, 0.29) is 36.9 Å². The van der Waals surface area contributed by atoms with Crippen LogP contribution in [0.3, 0.4) is 0 Å². The van der Waals surface area contributed by atoms with E-state index >= 15 is 0 Å². The van der Waals surface area contributed by atoms with Crippen LogP contribution < -0.4 is 14.4 Å². The lowest BCUT2D eigenvalue weighted by Gasteiger charge is -2.62. The maximum absolute atomic E-state index is 14.5. The molecule has 1 spiro atoms. The summed E-state index contributed by atoms with van der Waals surface area (Å²) in [7, 11) is 3.10. The van der Waals surface area contributed by atoms with Gasteiger partial charge in [0.25, 0.3) is 0 Å². The van der Waals surface area contributed by atoms with Gasteiger partial charge in [0.1, 0.15) is 0 Å². The van der Waals surface area contributed by atoms with Crippen LogP contribution in [0.15, 0.2) is 17.2 Å². The van der Waals surface area contributed by atoms with Crippen LogP contribution in [-0.2, 0) is 14.9 Å². The van der Waals surface area contributed by atoms with Crippen molar-refractivity contribution in [1.29, 1.82) is 0 Å². The van der Waals surface area contributed by atoms with Crippen molar-refractivity contribution < 1.29 is 32.2 Å². The summed E-state index contributed by atoms with van der Waals surface area (Å²) in [6, 6.07) is 3.31. The molecule has 1 amide bonds. The van der Waals surface area contributed by atoms with E-state index in [0.717, 1.165) is 11.3 Å². The molecule has 0 radical (unpaired) electrons. The molecule has 8 atom stereocenters. The number of carbonyl (C=O) groups excluding carboxylic acids is 1. The number of amides is 1. The summed E-state index contributed by atoms with van der Waals surface area (Å²) in [6.07, 6.45) is -4.12. The van der Waals surface area contributed by atoms with Crippen LogP contribution in [0.4, 0.5) is 18.9 Å². The third kappa shape index (κ3) is 2.41. The standard InChI is InChI=1S/C24H26F3N5O4/c1-34-14-5-11-13(7-15(14)35-2)32-19(33)8-16-20-12-6-18-22(11,21(20)32)3-4-31(18)10-23(12,29-30-28)17(9-36-16)24(25,26)27/h5,7,12,16-18,20-21H,3-4,6,8-10H2,1-2H3/t12-,16+,17-,18+,20+,21+,22-,23+/m1/s1. The number of halogens is 3. The number of fused-ring (bicyclic) bond motifs is 2. The van der Waals surface area contributed by atoms with Crippen LogP contribution in [0.5, 0.6) is 11.5 Å². The molecule has 0 unspecified atom stereocenters. The second-order valence-corrected chi connectivity index (χ2v) is 11.0. The fourth-order valence-corrected chi connectivity index (χ4v) is 8.98. The summed E-state index contributed by atoms with van der Waals surface area (Å²) in [5.74, 6) is -1.98. The molecule has 6 aliphatic rings. The lowest BCUT2D eigenvalue weighted by atomic mass is 9.50. The normalized spacial score (nSPS) is 41.9. The Morgan fingerprint density at radius 2 is 2.00 bits per heavy atom. The van der Waals surface area contributed by atoms with Crippen LogP contribution in [0.2, 0.25) is 0 Å². The summed E-state index contributed by atoms with van der Waals surface area (Å²) in [5, 5.41) is 3.99. The van der Waals surface area contributed by atoms with Crippen molar-refractivity contribution in [3.8, 4) is 11.5 Å². The predicted molar refractivity (Wildman–Crippen MR) is 120 cm³/mol. The summed E-state index contributed by atoms with van der Waals surface area (Å²) in [6.45, 7) is -0.0102. The van der Waals surface area contributed by atoms with Gasteiger partial charge < -0.3 is 19.1 Å². The Morgan fingerprint density at radius 3 is 2.69 bits per heavy atom. The molecule has 1 aromatic carbocycles. The number of anilines is 1. The molecule has 1 aromatic rings. The van der Waals surface area contributed by atoms with Gasteiger partial charge in [-0.1, -0.05) is 5.11 Å². The Labute approximate surface area is 205 Å². The molecule has 0 N–H and O–H groups in total. The van der Waals surface area contributed by atoms with Crippen LogP contribution in [0.1, 0.15) is 24.8 Å². The van der Waals surface area contributed by atoms with Gasteiger partial charge in [0.15, 0.2) is 11.5 Å². The topological polar surface area (TPSA) is 100 Å². The molecule has 1 aliphatic carbocycles. The highest BCUT2D eigenvalue weighted by molar-refractivity contribution is 5.99. The minimum atomic E-state index is -4.61. The Balaban J connectivity index is 1.50. The molecule has 4 saturated heterocycles. The van der Waals surface area contributed by atoms with Gasteiger partial charge in [-0.05, 0) is 42.5 Å². The zero-order valence-electron chi connectivity index (χ0n) is 19.9. The van der Waals surface area contributed by atoms with Gasteiger partial charge in [0.2, 0.25) is 5.91 Å². The first-order chi connectivity index (χ1) is 17.2. The highest BCUT2D eigenvalue weighted by Gasteiger charge is 2.76. The van der Waals surface area contributed by atoms with Crippen LogP contribution >= 0.6 is 0 Å². The molecule has 0 aromatic heterocycles. The van der Waals surface area contributed by atoms with Crippen molar-refractivity contribution in [3.05, 3.63) is 28.1 Å². The zero-order chi connectivity index (χ0) is 25.2. The number of hydrogen-bond donors (Lipinski definition) is 0. The van der Waals surface area contributed by atoms with Gasteiger partial charge >= 0.3 is 6.18 Å². The zero-order valence-corrected chi connectivity index (χ0v) is 19.9. The van der Waals surface area contributed by atoms with Gasteiger partial charge in [-0.25, -0.2) is 0 Å². The molecular weight excluding hydrogens is 479 g/mol. The van der Waals surface area contributed by atoms with Crippen molar-refractivity contribution in [3.63, 3.8) is 0 Å². The van der Waals surface area contributed by atoms with Crippen molar-refractivity contribution >= 4 is 11.6 Å². The van der Waals surface area contributed by atoms with Crippen LogP contribution in [0, 0.1) is 17.8 Å². The Bertz CT molecular complexity index is 1220. The molecule has 12 heteroatoms. The number of rotatable bonds is 3. The van der Waals surface area contributed by atoms with E-state index < -0.39 is 41.7 Å². The number of benzene rings is 1. The molecule has 5 heterocycles. The fourth-order valence-electron chi connectivity index (χ4n) is 8.98. The third-order valence-corrected chi connectivity index (χ3v) is 10.1. The summed E-state index contributed by atoms with van der Waals surface area (Å²) >= 11 is 0. The van der Waals surface area contributed by atoms with E-state index in [4.69, 9.17) is 14.2 Å². The number of methoxy groups -OCH3 is 2. The van der Waals surface area contributed by atoms with Crippen molar-refractivity contribution in [2.75, 3.05) is 38.8 Å². The Morgan fingerprint density at radius 1 is 1.25 bits per heavy atom. The fraction of sp³-hybridized carbons (Fsp3) is 0.708. The van der Waals surface area contributed by atoms with Crippen molar-refractivity contribution in [2.24, 2.45) is 22.9 Å². The Hall–Kier alpha value is -2.69.